The van der Waals surface area contributed by atoms with E-state index in [9.17, 15) is 29.5 Å². The third kappa shape index (κ3) is 18.4. The van der Waals surface area contributed by atoms with Crippen molar-refractivity contribution < 1.29 is 52.7 Å². The predicted octanol–water partition coefficient (Wildman–Crippen LogP) is 9.28. The Labute approximate surface area is 495 Å². The quantitative estimate of drug-likeness (QED) is 0.0416. The van der Waals surface area contributed by atoms with Gasteiger partial charge < -0.3 is 54.0 Å². The molecule has 0 radical (unpaired) electrons. The first-order valence-electron chi connectivity index (χ1n) is 27.7. The lowest BCUT2D eigenvalue weighted by molar-refractivity contribution is -0.146. The van der Waals surface area contributed by atoms with Gasteiger partial charge in [-0.15, -0.1) is 11.3 Å². The van der Waals surface area contributed by atoms with Crippen molar-refractivity contribution in [3.63, 3.8) is 0 Å². The summed E-state index contributed by atoms with van der Waals surface area (Å²) >= 11 is 14.3. The topological polar surface area (TPSA) is 227 Å². The average Bonchev–Trinajstić information content (AvgIpc) is 4.24. The number of anilines is 2. The molecule has 3 N–H and O–H groups in total. The van der Waals surface area contributed by atoms with Crippen molar-refractivity contribution in [1.82, 2.24) is 30.0 Å². The monoisotopic (exact) mass is 1190 g/mol. The van der Waals surface area contributed by atoms with Crippen molar-refractivity contribution in [3.05, 3.63) is 87.1 Å². The average molecular weight is 1190 g/mol. The van der Waals surface area contributed by atoms with E-state index < -0.39 is 23.5 Å². The minimum absolute atomic E-state index is 0.0194. The number of carbonyl (C=O) groups excluding carboxylic acids is 4. The first-order chi connectivity index (χ1) is 39.4. The van der Waals surface area contributed by atoms with E-state index >= 15 is 0 Å². The molecule has 0 unspecified atom stereocenters. The highest BCUT2D eigenvalue weighted by atomic mass is 35.5. The summed E-state index contributed by atoms with van der Waals surface area (Å²) in [6.07, 6.45) is 2.61. The molecule has 4 heterocycles. The molecule has 2 aromatic heterocycles. The molecule has 3 amide bonds. The fourth-order valence-electron chi connectivity index (χ4n) is 9.50. The van der Waals surface area contributed by atoms with Gasteiger partial charge in [-0.2, -0.15) is 5.26 Å². The predicted molar refractivity (Wildman–Crippen MR) is 318 cm³/mol. The molecule has 7 rings (SSSR count). The number of likely N-dealkylation sites (tertiary alicyclic amines) is 1. The number of Topliss-reactive ketones (excluding diaryl/α,β-unsaturated/α-hetero) is 1. The van der Waals surface area contributed by atoms with Crippen LogP contribution in [0.15, 0.2) is 60.2 Å². The number of ether oxygens (including phenoxy) is 6. The highest BCUT2D eigenvalue weighted by Crippen LogP contribution is 2.41. The molecule has 3 aromatic carbocycles. The van der Waals surface area contributed by atoms with Crippen LogP contribution in [0.25, 0.3) is 21.3 Å². The van der Waals surface area contributed by atoms with E-state index in [0.29, 0.717) is 134 Å². The smallest absolute Gasteiger partial charge is 0.243 e. The summed E-state index contributed by atoms with van der Waals surface area (Å²) in [6.45, 7) is 19.4. The van der Waals surface area contributed by atoms with Gasteiger partial charge in [0.2, 0.25) is 17.7 Å². The van der Waals surface area contributed by atoms with Crippen LogP contribution in [-0.4, -0.2) is 165 Å². The number of carbonyl (C=O) groups is 4. The molecule has 0 aliphatic carbocycles. The van der Waals surface area contributed by atoms with Crippen LogP contribution >= 0.6 is 34.5 Å². The Morgan fingerprint density at radius 2 is 1.57 bits per heavy atom. The third-order valence-corrected chi connectivity index (χ3v) is 15.8. The maximum Gasteiger partial charge on any atom is 0.243 e. The minimum atomic E-state index is -0.760. The standard InChI is InChI=1S/C34H43Cl2N5O7.C26H35N3O4S/c1-4-45-14-15-47-17-16-46-13-6-33(42)41-10-8-40(9-11-41)7-5-12-48-32-20-28-25(18-31(32)44-3)34(24(22-37)23-38-28)39-29-21-30(43-2)27(36)19-26(29)35;1-6-19(30)11-21(26(3,4)5)25(33)29-14-20(31)12-22(29)24(32)27-13-17-7-9-18(10-8-17)23-16(2)28-15-34-23/h18-21,23H,4-17H2,1-3H3,(H,38,39);7-10,15,20-22,31H,6,11-14H2,1-5H3,(H,27,32)/t;20-,21-,22+/m.1/s1. The number of halogens is 2. The molecule has 0 saturated carbocycles. The van der Waals surface area contributed by atoms with Gasteiger partial charge in [0.15, 0.2) is 11.5 Å². The molecule has 2 saturated heterocycles. The number of ketones is 1. The molecule has 2 fully saturated rings. The Bertz CT molecular complexity index is 2960. The van der Waals surface area contributed by atoms with E-state index in [1.807, 2.05) is 69.3 Å². The van der Waals surface area contributed by atoms with Crippen LogP contribution < -0.4 is 24.8 Å². The Kier molecular flexibility index (Phi) is 25.4. The number of aromatic nitrogens is 2. The van der Waals surface area contributed by atoms with Crippen LogP contribution in [0.3, 0.4) is 0 Å². The maximum absolute atomic E-state index is 13.4. The van der Waals surface area contributed by atoms with Crippen molar-refractivity contribution >= 4 is 80.3 Å². The summed E-state index contributed by atoms with van der Waals surface area (Å²) in [5.41, 5.74) is 6.38. The molecule has 82 heavy (non-hydrogen) atoms. The normalized spacial score (nSPS) is 15.8. The van der Waals surface area contributed by atoms with Gasteiger partial charge in [0, 0.05) is 101 Å². The van der Waals surface area contributed by atoms with E-state index in [4.69, 9.17) is 51.6 Å². The molecule has 3 atom stereocenters. The molecule has 444 valence electrons. The number of β-amino-alcohol motifs (C(OH)–C–C–N with tert-alkyl or cyclic N) is 1. The van der Waals surface area contributed by atoms with Gasteiger partial charge in [0.05, 0.1) is 115 Å². The van der Waals surface area contributed by atoms with Crippen molar-refractivity contribution in [2.45, 2.75) is 92.3 Å². The highest BCUT2D eigenvalue weighted by Gasteiger charge is 2.44. The summed E-state index contributed by atoms with van der Waals surface area (Å²) in [6, 6.07) is 16.2. The van der Waals surface area contributed by atoms with E-state index in [1.54, 1.807) is 49.6 Å². The number of aliphatic hydroxyl groups excluding tert-OH is 1. The zero-order valence-corrected chi connectivity index (χ0v) is 50.6. The Morgan fingerprint density at radius 1 is 0.878 bits per heavy atom. The van der Waals surface area contributed by atoms with E-state index in [0.717, 1.165) is 47.8 Å². The number of piperazine rings is 1. The number of nitrogens with zero attached hydrogens (tertiary/aromatic N) is 6. The van der Waals surface area contributed by atoms with E-state index in [-0.39, 0.29) is 42.9 Å². The zero-order valence-electron chi connectivity index (χ0n) is 48.3. The van der Waals surface area contributed by atoms with Crippen molar-refractivity contribution in [3.8, 4) is 33.8 Å². The lowest BCUT2D eigenvalue weighted by Crippen LogP contribution is -2.50. The van der Waals surface area contributed by atoms with Crippen LogP contribution in [0.5, 0.6) is 17.2 Å². The summed E-state index contributed by atoms with van der Waals surface area (Å²) in [5.74, 6) is 0.563. The van der Waals surface area contributed by atoms with Gasteiger partial charge in [0.1, 0.15) is 23.6 Å². The summed E-state index contributed by atoms with van der Waals surface area (Å²) in [5, 5.41) is 27.7. The summed E-state index contributed by atoms with van der Waals surface area (Å²) in [7, 11) is 3.08. The van der Waals surface area contributed by atoms with Crippen LogP contribution in [0.1, 0.15) is 83.5 Å². The molecule has 0 spiro atoms. The largest absolute Gasteiger partial charge is 0.495 e. The first-order valence-corrected chi connectivity index (χ1v) is 29.4. The first kappa shape index (κ1) is 65.0. The fraction of sp³-hybridized carbons (Fsp3) is 0.517. The molecule has 0 bridgehead atoms. The Morgan fingerprint density at radius 3 is 2.21 bits per heavy atom. The van der Waals surface area contributed by atoms with Gasteiger partial charge in [-0.3, -0.25) is 29.1 Å². The molecule has 2 aliphatic heterocycles. The number of fused-ring (bicyclic) bond motifs is 1. The van der Waals surface area contributed by atoms with Gasteiger partial charge in [-0.05, 0) is 48.9 Å². The number of pyridine rings is 1. The van der Waals surface area contributed by atoms with Gasteiger partial charge in [-0.25, -0.2) is 4.98 Å². The lowest BCUT2D eigenvalue weighted by Gasteiger charge is -2.34. The molecular formula is C60H78Cl2N8O11S. The summed E-state index contributed by atoms with van der Waals surface area (Å²) < 4.78 is 33.3. The Balaban J connectivity index is 0.000000280. The molecule has 2 aliphatic rings. The van der Waals surface area contributed by atoms with Crippen molar-refractivity contribution in [2.75, 3.05) is 105 Å². The van der Waals surface area contributed by atoms with E-state index in [2.05, 4.69) is 31.6 Å². The summed E-state index contributed by atoms with van der Waals surface area (Å²) in [4.78, 5) is 66.8. The van der Waals surface area contributed by atoms with Crippen LogP contribution in [0.4, 0.5) is 11.4 Å². The number of aryl methyl sites for hydroxylation is 1. The SMILES string of the molecule is CCC(=O)C[C@H](C(=O)N1C[C@H](O)C[C@H]1C(=O)NCc1ccc(-c2scnc2C)cc1)C(C)(C)C.CCOCCOCCOCCC(=O)N1CCN(CCCOc2cc3ncc(C#N)c(Nc4cc(OC)c(Cl)cc4Cl)c3cc2OC)CC1. The zero-order chi connectivity index (χ0) is 59.3. The number of hydrogen-bond donors (Lipinski definition) is 3. The van der Waals surface area contributed by atoms with E-state index in [1.165, 1.54) is 18.2 Å². The lowest BCUT2D eigenvalue weighted by atomic mass is 9.76. The number of hydrogen-bond acceptors (Lipinski definition) is 17. The van der Waals surface area contributed by atoms with Gasteiger partial charge >= 0.3 is 0 Å². The number of benzene rings is 3. The third-order valence-electron chi connectivity index (χ3n) is 14.2. The molecule has 19 nitrogen and oxygen atoms in total. The molecule has 22 heteroatoms. The Hall–Kier alpha value is -6.15. The van der Waals surface area contributed by atoms with Crippen LogP contribution in [-0.2, 0) is 39.9 Å². The second-order valence-corrected chi connectivity index (χ2v) is 22.6. The van der Waals surface area contributed by atoms with Crippen molar-refractivity contribution in [2.24, 2.45) is 11.3 Å². The van der Waals surface area contributed by atoms with Crippen LogP contribution in [0, 0.1) is 29.6 Å². The number of nitriles is 1. The second-order valence-electron chi connectivity index (χ2n) is 21.0. The maximum atomic E-state index is 13.4. The number of methoxy groups -OCH3 is 2. The number of aliphatic hydroxyl groups is 1. The highest BCUT2D eigenvalue weighted by molar-refractivity contribution is 7.13. The second kappa shape index (κ2) is 32.1. The van der Waals surface area contributed by atoms with Gasteiger partial charge in [-0.1, -0.05) is 75.2 Å². The molecular weight excluding hydrogens is 1110 g/mol. The number of rotatable bonds is 27. The molecule has 5 aromatic rings. The van der Waals surface area contributed by atoms with Crippen molar-refractivity contribution in [1.29, 1.82) is 5.26 Å². The van der Waals surface area contributed by atoms with Gasteiger partial charge in [0.25, 0.3) is 0 Å². The minimum Gasteiger partial charge on any atom is -0.495 e. The number of amides is 3. The fourth-order valence-corrected chi connectivity index (χ4v) is 10.8. The number of nitrogens with one attached hydrogen (secondary N) is 2. The number of thiazole rings is 1. The van der Waals surface area contributed by atoms with Crippen LogP contribution in [0.2, 0.25) is 10.0 Å².